The van der Waals surface area contributed by atoms with Gasteiger partial charge in [0.1, 0.15) is 23.2 Å². The molecule has 3 aliphatic carbocycles. The topological polar surface area (TPSA) is 177 Å². The average Bonchev–Trinajstić information content (AvgIpc) is 3.77. The molecule has 12 nitrogen and oxygen atoms in total. The first-order chi connectivity index (χ1) is 22.0. The number of rotatable bonds is 12. The summed E-state index contributed by atoms with van der Waals surface area (Å²) in [6.45, 7) is 18.8. The number of hydrogen-bond donors (Lipinski definition) is 4. The highest BCUT2D eigenvalue weighted by atomic mass is 16.6. The Kier molecular flexibility index (Phi) is 10.1. The van der Waals surface area contributed by atoms with Crippen LogP contribution in [0.15, 0.2) is 0 Å². The summed E-state index contributed by atoms with van der Waals surface area (Å²) in [5.74, 6) is -2.86. The van der Waals surface area contributed by atoms with Gasteiger partial charge in [0.05, 0.1) is 6.04 Å². The van der Waals surface area contributed by atoms with Crippen LogP contribution in [0.5, 0.6) is 0 Å². The van der Waals surface area contributed by atoms with Crippen LogP contribution in [0.3, 0.4) is 0 Å². The third kappa shape index (κ3) is 7.08. The molecule has 5 amide bonds. The molecule has 5 N–H and O–H groups in total. The minimum Gasteiger partial charge on any atom is -0.458 e. The summed E-state index contributed by atoms with van der Waals surface area (Å²) in [6.07, 6.45) is 6.00. The average molecular weight is 674 g/mol. The predicted octanol–water partition coefficient (Wildman–Crippen LogP) is 3.59. The fourth-order valence-electron chi connectivity index (χ4n) is 8.35. The number of nitrogens with zero attached hydrogens (tertiary/aromatic N) is 1. The van der Waals surface area contributed by atoms with Crippen LogP contribution in [0.4, 0.5) is 4.79 Å². The summed E-state index contributed by atoms with van der Waals surface area (Å²) in [5.41, 5.74) is 1.33. The smallest absolute Gasteiger partial charge is 0.332 e. The highest BCUT2D eigenvalue weighted by Gasteiger charge is 2.73. The third-order valence-electron chi connectivity index (χ3n) is 12.2. The van der Waals surface area contributed by atoms with Crippen molar-refractivity contribution in [1.29, 1.82) is 0 Å². The SMILES string of the molecule is CCC12C(C)[C@H]1CN(C(=O)C(NC(=O)N[C@@](C)(C(=O)OC(C)(C)C)C(C)(C)C)C1(C)CCCC1)[C@@H]2C(=O)NC(CC1CC1)C(=O)C(N)=O. The number of likely N-dealkylation sites (tertiary alicyclic amines) is 1. The zero-order valence-electron chi connectivity index (χ0n) is 30.7. The number of esters is 1. The Bertz CT molecular complexity index is 1320. The van der Waals surface area contributed by atoms with Gasteiger partial charge in [-0.3, -0.25) is 19.2 Å². The number of carbonyl (C=O) groups excluding carboxylic acids is 6. The van der Waals surface area contributed by atoms with E-state index in [-0.39, 0.29) is 23.7 Å². The van der Waals surface area contributed by atoms with Crippen molar-refractivity contribution in [2.45, 2.75) is 150 Å². The van der Waals surface area contributed by atoms with Gasteiger partial charge >= 0.3 is 12.0 Å². The van der Waals surface area contributed by atoms with Gasteiger partial charge in [0.15, 0.2) is 0 Å². The maximum absolute atomic E-state index is 14.8. The summed E-state index contributed by atoms with van der Waals surface area (Å²) in [6, 6.07) is -3.58. The molecule has 0 spiro atoms. The van der Waals surface area contributed by atoms with Crippen molar-refractivity contribution in [2.24, 2.45) is 39.7 Å². The molecule has 1 heterocycles. The number of primary amides is 1. The number of urea groups is 1. The highest BCUT2D eigenvalue weighted by Crippen LogP contribution is 2.68. The fraction of sp³-hybridized carbons (Fsp3) is 0.833. The lowest BCUT2D eigenvalue weighted by Gasteiger charge is -2.43. The molecule has 0 radical (unpaired) electrons. The minimum atomic E-state index is -1.43. The first-order valence-corrected chi connectivity index (χ1v) is 17.8. The van der Waals surface area contributed by atoms with Gasteiger partial charge in [-0.15, -0.1) is 0 Å². The second-order valence-electron chi connectivity index (χ2n) is 17.5. The van der Waals surface area contributed by atoms with Crippen LogP contribution in [-0.2, 0) is 28.7 Å². The lowest BCUT2D eigenvalue weighted by atomic mass is 9.74. The van der Waals surface area contributed by atoms with Crippen molar-refractivity contribution < 1.29 is 33.5 Å². The van der Waals surface area contributed by atoms with Crippen molar-refractivity contribution >= 4 is 35.5 Å². The van der Waals surface area contributed by atoms with Crippen molar-refractivity contribution in [2.75, 3.05) is 6.54 Å². The van der Waals surface area contributed by atoms with E-state index in [1.54, 1.807) is 32.6 Å². The summed E-state index contributed by atoms with van der Waals surface area (Å²) in [5, 5.41) is 8.67. The number of piperidine rings is 1. The number of ether oxygens (including phenoxy) is 1. The number of fused-ring (bicyclic) bond motifs is 1. The van der Waals surface area contributed by atoms with Gasteiger partial charge in [0, 0.05) is 12.0 Å². The van der Waals surface area contributed by atoms with E-state index < -0.39 is 75.1 Å². The van der Waals surface area contributed by atoms with Crippen LogP contribution >= 0.6 is 0 Å². The van der Waals surface area contributed by atoms with E-state index in [0.29, 0.717) is 32.2 Å². The van der Waals surface area contributed by atoms with Crippen LogP contribution in [0.2, 0.25) is 0 Å². The maximum atomic E-state index is 14.8. The molecule has 0 aromatic rings. The molecule has 1 aliphatic heterocycles. The van der Waals surface area contributed by atoms with Crippen LogP contribution in [0.25, 0.3) is 0 Å². The molecule has 4 rings (SSSR count). The Morgan fingerprint density at radius 2 is 1.54 bits per heavy atom. The molecule has 0 aromatic heterocycles. The molecular weight excluding hydrogens is 614 g/mol. The lowest BCUT2D eigenvalue weighted by Crippen LogP contribution is -2.67. The van der Waals surface area contributed by atoms with Gasteiger partial charge in [-0.2, -0.15) is 0 Å². The first kappa shape index (κ1) is 37.6. The quantitative estimate of drug-likeness (QED) is 0.181. The van der Waals surface area contributed by atoms with Gasteiger partial charge in [0.25, 0.3) is 5.91 Å². The monoisotopic (exact) mass is 673 g/mol. The Balaban J connectivity index is 1.64. The van der Waals surface area contributed by atoms with Gasteiger partial charge in [-0.1, -0.05) is 67.2 Å². The van der Waals surface area contributed by atoms with E-state index in [1.807, 2.05) is 34.6 Å². The van der Waals surface area contributed by atoms with Crippen molar-refractivity contribution in [3.05, 3.63) is 0 Å². The van der Waals surface area contributed by atoms with Crippen molar-refractivity contribution in [3.8, 4) is 0 Å². The number of hydrogen-bond acceptors (Lipinski definition) is 7. The maximum Gasteiger partial charge on any atom is 0.332 e. The molecule has 12 heteroatoms. The Labute approximate surface area is 285 Å². The molecule has 4 unspecified atom stereocenters. The van der Waals surface area contributed by atoms with E-state index in [0.717, 1.165) is 25.7 Å². The molecule has 270 valence electrons. The van der Waals surface area contributed by atoms with Gasteiger partial charge in [-0.05, 0) is 82.0 Å². The summed E-state index contributed by atoms with van der Waals surface area (Å²) in [7, 11) is 0. The van der Waals surface area contributed by atoms with E-state index in [1.165, 1.54) is 0 Å². The van der Waals surface area contributed by atoms with Crippen molar-refractivity contribution in [3.63, 3.8) is 0 Å². The second kappa shape index (κ2) is 12.9. The molecule has 7 atom stereocenters. The van der Waals surface area contributed by atoms with Crippen molar-refractivity contribution in [1.82, 2.24) is 20.9 Å². The van der Waals surface area contributed by atoms with E-state index >= 15 is 0 Å². The lowest BCUT2D eigenvalue weighted by molar-refractivity contribution is -0.166. The molecule has 48 heavy (non-hydrogen) atoms. The number of carbonyl (C=O) groups is 6. The predicted molar refractivity (Wildman–Crippen MR) is 180 cm³/mol. The first-order valence-electron chi connectivity index (χ1n) is 17.8. The van der Waals surface area contributed by atoms with Crippen LogP contribution < -0.4 is 21.7 Å². The zero-order valence-corrected chi connectivity index (χ0v) is 30.7. The van der Waals surface area contributed by atoms with E-state index in [2.05, 4.69) is 22.9 Å². The molecule has 1 saturated heterocycles. The minimum absolute atomic E-state index is 0.0816. The second-order valence-corrected chi connectivity index (χ2v) is 17.5. The van der Waals surface area contributed by atoms with Crippen LogP contribution in [0, 0.1) is 34.0 Å². The number of nitrogens with two attached hydrogens (primary N) is 1. The van der Waals surface area contributed by atoms with E-state index in [9.17, 15) is 28.8 Å². The summed E-state index contributed by atoms with van der Waals surface area (Å²) in [4.78, 5) is 82.6. The Morgan fingerprint density at radius 3 is 2.02 bits per heavy atom. The number of Topliss-reactive ketones (excluding diaryl/α,β-unsaturated/α-hetero) is 1. The summed E-state index contributed by atoms with van der Waals surface area (Å²) < 4.78 is 5.71. The standard InChI is InChI=1S/C36H59N5O7/c1-11-36-20(2)22(36)19-41(26(36)28(44)38-23(18-21-14-15-21)24(42)27(37)43)29(45)25(34(9)16-12-13-17-34)39-31(47)40-35(10,32(3,4)5)30(46)48-33(6,7)8/h20-23,25-26H,11-19H2,1-10H3,(H2,37,43)(H,38,44)(H2,39,40,47)/t20?,22-,23?,25?,26-,35+,36?/m1/s1. The van der Waals surface area contributed by atoms with Crippen LogP contribution in [-0.4, -0.2) is 76.2 Å². The van der Waals surface area contributed by atoms with Gasteiger partial charge in [-0.25, -0.2) is 9.59 Å². The molecule has 0 aromatic carbocycles. The number of nitrogens with one attached hydrogen (secondary N) is 3. The molecular formula is C36H59N5O7. The number of ketones is 1. The Morgan fingerprint density at radius 1 is 0.958 bits per heavy atom. The van der Waals surface area contributed by atoms with Crippen LogP contribution in [0.1, 0.15) is 121 Å². The van der Waals surface area contributed by atoms with Gasteiger partial charge < -0.3 is 31.3 Å². The third-order valence-corrected chi connectivity index (χ3v) is 12.2. The molecule has 3 saturated carbocycles. The molecule has 0 bridgehead atoms. The Hall–Kier alpha value is -3.18. The molecule has 4 fully saturated rings. The molecule has 4 aliphatic rings. The normalized spacial score (nSPS) is 28.7. The fourth-order valence-corrected chi connectivity index (χ4v) is 8.35. The summed E-state index contributed by atoms with van der Waals surface area (Å²) >= 11 is 0. The largest absolute Gasteiger partial charge is 0.458 e. The van der Waals surface area contributed by atoms with E-state index in [4.69, 9.17) is 10.5 Å². The highest BCUT2D eigenvalue weighted by molar-refractivity contribution is 6.37. The van der Waals surface area contributed by atoms with Gasteiger partial charge in [0.2, 0.25) is 17.6 Å². The zero-order chi connectivity index (χ0) is 36.2. The number of amides is 5.